The number of nitro groups is 1. The zero-order valence-corrected chi connectivity index (χ0v) is 14.0. The van der Waals surface area contributed by atoms with Crippen molar-refractivity contribution in [1.29, 1.82) is 0 Å². The van der Waals surface area contributed by atoms with Gasteiger partial charge in [-0.05, 0) is 42.0 Å². The third-order valence-electron chi connectivity index (χ3n) is 4.32. The van der Waals surface area contributed by atoms with Gasteiger partial charge < -0.3 is 14.8 Å². The monoisotopic (exact) mass is 362 g/mol. The number of rotatable bonds is 4. The van der Waals surface area contributed by atoms with Crippen molar-refractivity contribution in [2.45, 2.75) is 23.9 Å². The van der Waals surface area contributed by atoms with E-state index in [0.29, 0.717) is 17.1 Å². The van der Waals surface area contributed by atoms with Gasteiger partial charge in [-0.2, -0.15) is 0 Å². The fourth-order valence-corrected chi connectivity index (χ4v) is 4.20. The van der Waals surface area contributed by atoms with E-state index < -0.39 is 4.92 Å². The Balaban J connectivity index is 1.58. The lowest BCUT2D eigenvalue weighted by Crippen LogP contribution is -2.24. The molecule has 1 unspecified atom stereocenters. The molecule has 25 heavy (non-hydrogen) atoms. The first-order valence-electron chi connectivity index (χ1n) is 7.84. The first-order valence-corrected chi connectivity index (χ1v) is 8.83. The minimum atomic E-state index is -0.427. The van der Waals surface area contributed by atoms with Crippen molar-refractivity contribution in [3.8, 4) is 11.5 Å². The molecule has 0 saturated carbocycles. The Labute approximate surface area is 147 Å². The number of hydrogen-bond donors (Lipinski definition) is 1. The predicted molar refractivity (Wildman–Crippen MR) is 90.5 cm³/mol. The fraction of sp³-hybridized carbons (Fsp3) is 0.294. The topological polar surface area (TPSA) is 73.6 Å². The van der Waals surface area contributed by atoms with Gasteiger partial charge in [0.15, 0.2) is 11.5 Å². The molecule has 0 fully saturated rings. The van der Waals surface area contributed by atoms with Gasteiger partial charge in [0, 0.05) is 23.0 Å². The quantitative estimate of drug-likeness (QED) is 0.659. The number of ether oxygens (including phenoxy) is 2. The van der Waals surface area contributed by atoms with Crippen LogP contribution < -0.4 is 14.8 Å². The Morgan fingerprint density at radius 1 is 1.28 bits per heavy atom. The van der Waals surface area contributed by atoms with Crippen LogP contribution in [0.25, 0.3) is 0 Å². The Morgan fingerprint density at radius 3 is 2.88 bits per heavy atom. The standard InChI is InChI=1S/C17H15FN2O4S/c18-11-1-2-17-12(6-11)13(3-4-25-17)19-8-10-5-15-16(24-9-23-15)7-14(10)20(21)22/h1-2,5-7,13,19H,3-4,8-9H2. The Morgan fingerprint density at radius 2 is 2.08 bits per heavy atom. The maximum absolute atomic E-state index is 13.6. The highest BCUT2D eigenvalue weighted by Crippen LogP contribution is 2.39. The minimum absolute atomic E-state index is 0.0126. The van der Waals surface area contributed by atoms with Crippen molar-refractivity contribution in [2.75, 3.05) is 12.5 Å². The first-order chi connectivity index (χ1) is 12.1. The van der Waals surface area contributed by atoms with Crippen molar-refractivity contribution in [1.82, 2.24) is 5.32 Å². The van der Waals surface area contributed by atoms with Gasteiger partial charge in [-0.3, -0.25) is 10.1 Å². The molecule has 6 nitrogen and oxygen atoms in total. The molecule has 2 aliphatic heterocycles. The molecule has 0 radical (unpaired) electrons. The van der Waals surface area contributed by atoms with Crippen LogP contribution in [0.5, 0.6) is 11.5 Å². The lowest BCUT2D eigenvalue weighted by atomic mass is 10.0. The molecule has 0 bridgehead atoms. The third kappa shape index (κ3) is 3.14. The number of nitro benzene ring substituents is 1. The van der Waals surface area contributed by atoms with E-state index in [0.717, 1.165) is 22.6 Å². The lowest BCUT2D eigenvalue weighted by molar-refractivity contribution is -0.385. The molecule has 0 spiro atoms. The van der Waals surface area contributed by atoms with Crippen molar-refractivity contribution in [2.24, 2.45) is 0 Å². The van der Waals surface area contributed by atoms with E-state index in [1.165, 1.54) is 18.2 Å². The lowest BCUT2D eigenvalue weighted by Gasteiger charge is -2.26. The average molecular weight is 362 g/mol. The molecule has 1 N–H and O–H groups in total. The molecule has 0 aromatic heterocycles. The van der Waals surface area contributed by atoms with Crippen LogP contribution in [0.4, 0.5) is 10.1 Å². The van der Waals surface area contributed by atoms with Crippen LogP contribution in [0.2, 0.25) is 0 Å². The maximum atomic E-state index is 13.6. The molecule has 0 saturated heterocycles. The Bertz CT molecular complexity index is 846. The summed E-state index contributed by atoms with van der Waals surface area (Å²) >= 11 is 1.70. The number of nitrogens with zero attached hydrogens (tertiary/aromatic N) is 1. The summed E-state index contributed by atoms with van der Waals surface area (Å²) in [5, 5.41) is 14.7. The van der Waals surface area contributed by atoms with E-state index in [4.69, 9.17) is 9.47 Å². The van der Waals surface area contributed by atoms with E-state index in [2.05, 4.69) is 5.32 Å². The molecule has 130 valence electrons. The summed E-state index contributed by atoms with van der Waals surface area (Å²) < 4.78 is 24.1. The zero-order valence-electron chi connectivity index (χ0n) is 13.2. The summed E-state index contributed by atoms with van der Waals surface area (Å²) in [4.78, 5) is 12.0. The second-order valence-corrected chi connectivity index (χ2v) is 6.98. The molecule has 0 amide bonds. The Kier molecular flexibility index (Phi) is 4.22. The predicted octanol–water partition coefficient (Wildman–Crippen LogP) is 3.79. The van der Waals surface area contributed by atoms with Crippen LogP contribution >= 0.6 is 11.8 Å². The molecule has 8 heteroatoms. The number of nitrogens with one attached hydrogen (secondary N) is 1. The summed E-state index contributed by atoms with van der Waals surface area (Å²) in [6.07, 6.45) is 0.833. The second kappa shape index (κ2) is 6.53. The van der Waals surface area contributed by atoms with Crippen LogP contribution in [0, 0.1) is 15.9 Å². The molecular weight excluding hydrogens is 347 g/mol. The van der Waals surface area contributed by atoms with Crippen LogP contribution in [-0.2, 0) is 6.54 Å². The largest absolute Gasteiger partial charge is 0.454 e. The normalized spacial score (nSPS) is 18.0. The van der Waals surface area contributed by atoms with E-state index in [-0.39, 0.29) is 30.9 Å². The number of thioether (sulfide) groups is 1. The average Bonchev–Trinajstić information content (AvgIpc) is 3.06. The van der Waals surface area contributed by atoms with E-state index in [1.54, 1.807) is 23.9 Å². The zero-order chi connectivity index (χ0) is 17.4. The minimum Gasteiger partial charge on any atom is -0.454 e. The van der Waals surface area contributed by atoms with Crippen molar-refractivity contribution >= 4 is 17.4 Å². The summed E-state index contributed by atoms with van der Waals surface area (Å²) in [5.74, 6) is 1.53. The van der Waals surface area contributed by atoms with Crippen LogP contribution in [-0.4, -0.2) is 17.5 Å². The molecular formula is C17H15FN2O4S. The molecule has 2 aromatic rings. The van der Waals surface area contributed by atoms with Crippen molar-refractivity contribution < 1.29 is 18.8 Å². The molecule has 0 aliphatic carbocycles. The molecule has 2 aliphatic rings. The molecule has 2 aromatic carbocycles. The van der Waals surface area contributed by atoms with Gasteiger partial charge in [-0.15, -0.1) is 11.8 Å². The van der Waals surface area contributed by atoms with Crippen molar-refractivity contribution in [3.63, 3.8) is 0 Å². The Hall–Kier alpha value is -2.32. The smallest absolute Gasteiger partial charge is 0.277 e. The van der Waals surface area contributed by atoms with E-state index in [9.17, 15) is 14.5 Å². The number of halogens is 1. The van der Waals surface area contributed by atoms with E-state index in [1.807, 2.05) is 0 Å². The molecule has 1 atom stereocenters. The van der Waals surface area contributed by atoms with Gasteiger partial charge in [-0.25, -0.2) is 4.39 Å². The fourth-order valence-electron chi connectivity index (χ4n) is 3.10. The number of fused-ring (bicyclic) bond motifs is 2. The third-order valence-corrected chi connectivity index (χ3v) is 5.44. The summed E-state index contributed by atoms with van der Waals surface area (Å²) in [6.45, 7) is 0.355. The van der Waals surface area contributed by atoms with Crippen molar-refractivity contribution in [3.05, 3.63) is 57.4 Å². The summed E-state index contributed by atoms with van der Waals surface area (Å²) in [5.41, 5.74) is 1.41. The van der Waals surface area contributed by atoms with Gasteiger partial charge in [-0.1, -0.05) is 0 Å². The second-order valence-electron chi connectivity index (χ2n) is 5.84. The van der Waals surface area contributed by atoms with Gasteiger partial charge in [0.05, 0.1) is 11.0 Å². The van der Waals surface area contributed by atoms with Crippen LogP contribution in [0.15, 0.2) is 35.2 Å². The van der Waals surface area contributed by atoms with Gasteiger partial charge in [0.25, 0.3) is 5.69 Å². The highest BCUT2D eigenvalue weighted by molar-refractivity contribution is 7.99. The maximum Gasteiger partial charge on any atom is 0.277 e. The SMILES string of the molecule is O=[N+]([O-])c1cc2c(cc1CNC1CCSc3ccc(F)cc31)OCO2. The van der Waals surface area contributed by atoms with Crippen LogP contribution in [0.3, 0.4) is 0 Å². The highest BCUT2D eigenvalue weighted by Gasteiger charge is 2.25. The molecule has 2 heterocycles. The van der Waals surface area contributed by atoms with E-state index >= 15 is 0 Å². The summed E-state index contributed by atoms with van der Waals surface area (Å²) in [6, 6.07) is 7.76. The molecule has 4 rings (SSSR count). The van der Waals surface area contributed by atoms with Gasteiger partial charge in [0.1, 0.15) is 5.82 Å². The highest BCUT2D eigenvalue weighted by atomic mass is 32.2. The van der Waals surface area contributed by atoms with Gasteiger partial charge in [0.2, 0.25) is 6.79 Å². The number of hydrogen-bond acceptors (Lipinski definition) is 6. The number of benzene rings is 2. The first kappa shape index (κ1) is 16.2. The summed E-state index contributed by atoms with van der Waals surface area (Å²) in [7, 11) is 0. The van der Waals surface area contributed by atoms with Gasteiger partial charge >= 0.3 is 0 Å². The van der Waals surface area contributed by atoms with Crippen LogP contribution in [0.1, 0.15) is 23.6 Å².